The third-order valence-electron chi connectivity index (χ3n) is 12.7. The largest absolute Gasteiger partial charge is 2.00 e. The molecule has 4 aliphatic heterocycles. The zero-order valence-corrected chi connectivity index (χ0v) is 40.2. The quantitative estimate of drug-likeness (QED) is 0.129. The van der Waals surface area contributed by atoms with Gasteiger partial charge in [0.1, 0.15) is 46.0 Å². The van der Waals surface area contributed by atoms with Gasteiger partial charge in [0.25, 0.3) is 23.6 Å². The van der Waals surface area contributed by atoms with E-state index in [4.69, 9.17) is 14.2 Å². The first kappa shape index (κ1) is 52.4. The van der Waals surface area contributed by atoms with Gasteiger partial charge in [0.15, 0.2) is 35.3 Å². The topological polar surface area (TPSA) is 191 Å². The van der Waals surface area contributed by atoms with Crippen LogP contribution in [0.1, 0.15) is 91.3 Å². The number of benzene rings is 2. The average Bonchev–Trinajstić information content (AvgIpc) is 3.82. The number of halogens is 8. The van der Waals surface area contributed by atoms with Crippen LogP contribution in [0.25, 0.3) is 0 Å². The molecule has 358 valence electrons. The number of hydrogen-bond donors (Lipinski definition) is 3. The molecule has 25 heteroatoms. The fraction of sp³-hybridized carbons (Fsp3) is 0.395. The van der Waals surface area contributed by atoms with Crippen LogP contribution < -0.4 is 60.2 Å². The van der Waals surface area contributed by atoms with Crippen LogP contribution in [0.15, 0.2) is 46.2 Å². The molecule has 16 nitrogen and oxygen atoms in total. The third-order valence-corrected chi connectivity index (χ3v) is 12.7. The molecule has 4 fully saturated rings. The second kappa shape index (κ2) is 20.6. The third kappa shape index (κ3) is 9.40. The standard InChI is InChI=1S/C22H20F3N3O5.C21H18F3N3O5.2BrH.Mg/c1-32-20-18-22(31)28-11-2-3-12(6-11)33-17(28)9-27(18)8-14(19(20)29)21(30)26-7-13-15(24)4-10(23)5-16(13)25;22-9-3-14(23)12(15(24)4-9)6-25-20(30)13-7-26-8-16-27(10-1-2-11(5-10)32-16)21(31)17(26)19(29)18(13)28;;;/h4-5,8,11-12,17H,2-3,6-7,9H2,1H3,(H,26,30);3-4,7,10-11,16,29H,1-2,5-6,8H2,(H,25,30);2*1H;/q;;;;+2/p-2/t11?,12?,17-;10?,11?,16-;;;/m11.../s1. The van der Waals surface area contributed by atoms with Crippen molar-refractivity contribution in [1.82, 2.24) is 29.6 Å². The average molecular weight is 1100 g/mol. The number of nitrogens with zero attached hydrogens (tertiary/aromatic N) is 4. The van der Waals surface area contributed by atoms with Crippen molar-refractivity contribution in [2.75, 3.05) is 7.11 Å². The van der Waals surface area contributed by atoms with E-state index >= 15 is 0 Å². The summed E-state index contributed by atoms with van der Waals surface area (Å²) < 4.78 is 101. The van der Waals surface area contributed by atoms with E-state index in [1.165, 1.54) is 27.3 Å². The molecule has 68 heavy (non-hydrogen) atoms. The van der Waals surface area contributed by atoms with Crippen LogP contribution in [0, 0.1) is 34.9 Å². The SMILES string of the molecule is COc1c2n(cc(C(=O)NCc3c(F)cc(F)cc3F)c1=O)C[C@H]1OC3CCC(C3)N1C2=O.O=C(NCc1c(F)cc(F)cc1F)c1cn2c(c(O)c1=O)C(=O)N1C3CCC(C3)O[C@@H]1C2.[Br-].[Br-].[Mg+2]. The number of aromatic hydroxyl groups is 1. The summed E-state index contributed by atoms with van der Waals surface area (Å²) in [6, 6.07) is 1.93. The number of methoxy groups -OCH3 is 1. The molecule has 6 atom stereocenters. The number of rotatable bonds is 7. The van der Waals surface area contributed by atoms with Gasteiger partial charge in [-0.15, -0.1) is 0 Å². The Morgan fingerprint density at radius 1 is 0.662 bits per heavy atom. The van der Waals surface area contributed by atoms with Gasteiger partial charge < -0.3 is 82.8 Å². The number of ether oxygens (including phenoxy) is 3. The Morgan fingerprint density at radius 3 is 1.49 bits per heavy atom. The van der Waals surface area contributed by atoms with Gasteiger partial charge in [-0.05, 0) is 38.5 Å². The summed E-state index contributed by atoms with van der Waals surface area (Å²) in [5.74, 6) is -11.0. The van der Waals surface area contributed by atoms with Crippen LogP contribution in [-0.4, -0.2) is 115 Å². The first-order valence-corrected chi connectivity index (χ1v) is 20.6. The van der Waals surface area contributed by atoms with E-state index in [0.29, 0.717) is 30.7 Å². The molecule has 2 aliphatic carbocycles. The molecule has 2 saturated heterocycles. The van der Waals surface area contributed by atoms with Crippen molar-refractivity contribution >= 4 is 46.7 Å². The second-order valence-corrected chi connectivity index (χ2v) is 16.5. The summed E-state index contributed by atoms with van der Waals surface area (Å²) >= 11 is 0. The van der Waals surface area contributed by atoms with Crippen molar-refractivity contribution in [2.24, 2.45) is 0 Å². The Hall–Kier alpha value is -4.95. The van der Waals surface area contributed by atoms with E-state index in [2.05, 4.69) is 10.6 Å². The van der Waals surface area contributed by atoms with Crippen LogP contribution in [0.2, 0.25) is 0 Å². The van der Waals surface area contributed by atoms with Gasteiger partial charge in [-0.25, -0.2) is 26.3 Å². The van der Waals surface area contributed by atoms with E-state index < -0.39 is 117 Å². The number of hydrogen-bond acceptors (Lipinski definition) is 10. The van der Waals surface area contributed by atoms with Gasteiger partial charge in [0.2, 0.25) is 10.9 Å². The van der Waals surface area contributed by atoms with Crippen molar-refractivity contribution in [1.29, 1.82) is 0 Å². The molecular formula is C43H38Br2F6MgN6O10. The first-order valence-electron chi connectivity index (χ1n) is 20.6. The molecule has 4 aromatic rings. The van der Waals surface area contributed by atoms with Crippen LogP contribution in [0.4, 0.5) is 26.3 Å². The molecule has 6 heterocycles. The van der Waals surface area contributed by atoms with E-state index in [1.807, 2.05) is 0 Å². The van der Waals surface area contributed by atoms with Crippen LogP contribution in [0.5, 0.6) is 11.5 Å². The predicted molar refractivity (Wildman–Crippen MR) is 215 cm³/mol. The summed E-state index contributed by atoms with van der Waals surface area (Å²) in [7, 11) is 1.22. The van der Waals surface area contributed by atoms with E-state index in [0.717, 1.165) is 38.3 Å². The minimum absolute atomic E-state index is 0. The van der Waals surface area contributed by atoms with Crippen molar-refractivity contribution in [3.63, 3.8) is 0 Å². The van der Waals surface area contributed by atoms with Crippen molar-refractivity contribution in [2.45, 2.75) is 101 Å². The molecule has 4 bridgehead atoms. The fourth-order valence-corrected chi connectivity index (χ4v) is 9.61. The molecule has 6 aliphatic rings. The number of carbonyl (C=O) groups excluding carboxylic acids is 4. The number of pyridine rings is 2. The zero-order valence-electron chi connectivity index (χ0n) is 35.6. The number of aromatic nitrogens is 2. The van der Waals surface area contributed by atoms with E-state index in [-0.39, 0.29) is 117 Å². The minimum Gasteiger partial charge on any atom is -1.00 e. The van der Waals surface area contributed by atoms with Crippen molar-refractivity contribution in [3.05, 3.63) is 126 Å². The smallest absolute Gasteiger partial charge is 1.00 e. The van der Waals surface area contributed by atoms with Gasteiger partial charge in [-0.3, -0.25) is 28.8 Å². The minimum atomic E-state index is -1.19. The number of amides is 4. The maximum atomic E-state index is 13.9. The van der Waals surface area contributed by atoms with Crippen molar-refractivity contribution in [3.8, 4) is 11.5 Å². The zero-order chi connectivity index (χ0) is 46.2. The van der Waals surface area contributed by atoms with Crippen molar-refractivity contribution < 1.29 is 98.8 Å². The number of fused-ring (bicyclic) bond motifs is 10. The summed E-state index contributed by atoms with van der Waals surface area (Å²) in [6.07, 6.45) is 6.03. The molecule has 4 amide bonds. The Balaban J connectivity index is 0.000000215. The Kier molecular flexibility index (Phi) is 15.8. The van der Waals surface area contributed by atoms with Gasteiger partial charge in [0, 0.05) is 73.0 Å². The molecule has 3 N–H and O–H groups in total. The van der Waals surface area contributed by atoms with Crippen LogP contribution >= 0.6 is 0 Å². The van der Waals surface area contributed by atoms with Crippen LogP contribution in [0.3, 0.4) is 0 Å². The maximum absolute atomic E-state index is 13.9. The first-order chi connectivity index (χ1) is 31.0. The number of carbonyl (C=O) groups is 4. The Morgan fingerprint density at radius 2 is 1.06 bits per heavy atom. The molecule has 2 saturated carbocycles. The number of nitrogens with one attached hydrogen (secondary N) is 2. The molecule has 0 spiro atoms. The Labute approximate surface area is 418 Å². The van der Waals surface area contributed by atoms with E-state index in [1.54, 1.807) is 4.90 Å². The van der Waals surface area contributed by atoms with Gasteiger partial charge in [-0.1, -0.05) is 0 Å². The molecule has 4 unspecified atom stereocenters. The Bertz CT molecular complexity index is 2790. The molecular weight excluding hydrogens is 1060 g/mol. The molecule has 2 aromatic heterocycles. The molecule has 0 radical (unpaired) electrons. The van der Waals surface area contributed by atoms with Gasteiger partial charge in [-0.2, -0.15) is 0 Å². The summed E-state index contributed by atoms with van der Waals surface area (Å²) in [5, 5.41) is 14.9. The van der Waals surface area contributed by atoms with Crippen LogP contribution in [-0.2, 0) is 35.7 Å². The summed E-state index contributed by atoms with van der Waals surface area (Å²) in [4.78, 5) is 80.3. The second-order valence-electron chi connectivity index (χ2n) is 16.5. The predicted octanol–water partition coefficient (Wildman–Crippen LogP) is -2.80. The molecule has 10 rings (SSSR count). The molecule has 2 aromatic carbocycles. The normalized spacial score (nSPS) is 22.4. The van der Waals surface area contributed by atoms with Gasteiger partial charge >= 0.3 is 23.1 Å². The fourth-order valence-electron chi connectivity index (χ4n) is 9.61. The monoisotopic (exact) mass is 1090 g/mol. The van der Waals surface area contributed by atoms with Gasteiger partial charge in [0.05, 0.1) is 32.4 Å². The summed E-state index contributed by atoms with van der Waals surface area (Å²) in [5.41, 5.74) is -4.11. The maximum Gasteiger partial charge on any atom is 2.00 e. The van der Waals surface area contributed by atoms with E-state index in [9.17, 15) is 60.2 Å². The summed E-state index contributed by atoms with van der Waals surface area (Å²) in [6.45, 7) is -0.946.